The predicted octanol–water partition coefficient (Wildman–Crippen LogP) is 0.702. The predicted molar refractivity (Wildman–Crippen MR) is 66.7 cm³/mol. The zero-order chi connectivity index (χ0) is 13.9. The first-order valence-corrected chi connectivity index (χ1v) is 8.21. The second-order valence-electron chi connectivity index (χ2n) is 4.62. The Labute approximate surface area is 137 Å². The molecule has 0 aromatic rings. The van der Waals surface area contributed by atoms with Crippen LogP contribution in [0.25, 0.3) is 0 Å². The summed E-state index contributed by atoms with van der Waals surface area (Å²) >= 11 is 0. The van der Waals surface area contributed by atoms with E-state index in [1.54, 1.807) is 0 Å². The van der Waals surface area contributed by atoms with Crippen molar-refractivity contribution in [3.63, 3.8) is 0 Å². The standard InChI is InChI=1S/C12H24F2O3S.Na/c13-12(14)10-8-6-4-2-1-3-5-7-9-11-18(15,16)17;/h12H,1-11H2,(H,15,16,17);/q;+1/p-1. The minimum atomic E-state index is -4.05. The molecule has 0 amide bonds. The average Bonchev–Trinajstić information content (AvgIpc) is 2.24. The molecule has 0 saturated heterocycles. The van der Waals surface area contributed by atoms with Crippen LogP contribution in [-0.4, -0.2) is 25.1 Å². The van der Waals surface area contributed by atoms with Crippen LogP contribution in [0.15, 0.2) is 0 Å². The zero-order valence-electron chi connectivity index (χ0n) is 11.7. The van der Waals surface area contributed by atoms with Crippen LogP contribution in [0.4, 0.5) is 8.78 Å². The van der Waals surface area contributed by atoms with Gasteiger partial charge in [-0.25, -0.2) is 17.2 Å². The number of halogens is 2. The maximum atomic E-state index is 11.8. The van der Waals surface area contributed by atoms with E-state index in [4.69, 9.17) is 0 Å². The number of hydrogen-bond donors (Lipinski definition) is 0. The molecular weight excluding hydrogens is 285 g/mol. The van der Waals surface area contributed by atoms with Crippen molar-refractivity contribution in [2.75, 3.05) is 5.75 Å². The summed E-state index contributed by atoms with van der Waals surface area (Å²) < 4.78 is 54.5. The molecule has 0 saturated carbocycles. The van der Waals surface area contributed by atoms with Gasteiger partial charge in [0.1, 0.15) is 0 Å². The molecule has 19 heavy (non-hydrogen) atoms. The fraction of sp³-hybridized carbons (Fsp3) is 1.00. The van der Waals surface area contributed by atoms with E-state index in [0.29, 0.717) is 12.8 Å². The van der Waals surface area contributed by atoms with E-state index in [0.717, 1.165) is 44.9 Å². The Morgan fingerprint density at radius 2 is 1.16 bits per heavy atom. The molecule has 0 rings (SSSR count). The van der Waals surface area contributed by atoms with Gasteiger partial charge < -0.3 is 4.55 Å². The minimum absolute atomic E-state index is 0. The van der Waals surface area contributed by atoms with Crippen LogP contribution in [-0.2, 0) is 10.1 Å². The average molecular weight is 308 g/mol. The van der Waals surface area contributed by atoms with E-state index in [1.807, 2.05) is 0 Å². The van der Waals surface area contributed by atoms with Crippen molar-refractivity contribution in [2.24, 2.45) is 0 Å². The molecular formula is C12H23F2NaO3S. The second-order valence-corrected chi connectivity index (χ2v) is 6.15. The molecule has 0 heterocycles. The van der Waals surface area contributed by atoms with Crippen LogP contribution in [0, 0.1) is 0 Å². The Kier molecular flexibility index (Phi) is 16.0. The van der Waals surface area contributed by atoms with Crippen LogP contribution in [0.1, 0.15) is 64.2 Å². The van der Waals surface area contributed by atoms with Crippen molar-refractivity contribution in [1.29, 1.82) is 0 Å². The van der Waals surface area contributed by atoms with Gasteiger partial charge in [-0.2, -0.15) is 0 Å². The third-order valence-corrected chi connectivity index (χ3v) is 3.61. The number of alkyl halides is 2. The number of unbranched alkanes of at least 4 members (excludes halogenated alkanes) is 8. The van der Waals surface area contributed by atoms with Gasteiger partial charge in [0.05, 0.1) is 10.1 Å². The molecule has 0 unspecified atom stereocenters. The first-order chi connectivity index (χ1) is 8.42. The quantitative estimate of drug-likeness (QED) is 0.303. The largest absolute Gasteiger partial charge is 1.00 e. The third-order valence-electron chi connectivity index (χ3n) is 2.82. The molecule has 0 aliphatic carbocycles. The second kappa shape index (κ2) is 13.7. The van der Waals surface area contributed by atoms with Crippen molar-refractivity contribution < 1.29 is 51.3 Å². The Hall–Kier alpha value is 0.770. The summed E-state index contributed by atoms with van der Waals surface area (Å²) in [7, 11) is -4.05. The van der Waals surface area contributed by atoms with Crippen molar-refractivity contribution in [2.45, 2.75) is 70.6 Å². The molecule has 7 heteroatoms. The number of hydrogen-bond acceptors (Lipinski definition) is 3. The fourth-order valence-electron chi connectivity index (χ4n) is 1.81. The number of rotatable bonds is 12. The molecule has 0 aliphatic rings. The molecule has 0 spiro atoms. The zero-order valence-corrected chi connectivity index (χ0v) is 14.6. The summed E-state index contributed by atoms with van der Waals surface area (Å²) in [5.74, 6) is -0.263. The van der Waals surface area contributed by atoms with E-state index in [1.165, 1.54) is 0 Å². The van der Waals surface area contributed by atoms with Gasteiger partial charge in [0.2, 0.25) is 6.43 Å². The topological polar surface area (TPSA) is 57.2 Å². The Balaban J connectivity index is 0. The maximum Gasteiger partial charge on any atom is 1.00 e. The van der Waals surface area contributed by atoms with Crippen LogP contribution in [0.2, 0.25) is 0 Å². The molecule has 3 nitrogen and oxygen atoms in total. The molecule has 0 aliphatic heterocycles. The summed E-state index contributed by atoms with van der Waals surface area (Å²) in [4.78, 5) is 0. The summed E-state index contributed by atoms with van der Waals surface area (Å²) in [6.45, 7) is 0. The van der Waals surface area contributed by atoms with Gasteiger partial charge in [-0.05, 0) is 12.8 Å². The van der Waals surface area contributed by atoms with Gasteiger partial charge in [-0.15, -0.1) is 0 Å². The molecule has 0 bridgehead atoms. The monoisotopic (exact) mass is 308 g/mol. The van der Waals surface area contributed by atoms with Crippen LogP contribution in [0.5, 0.6) is 0 Å². The Morgan fingerprint density at radius 1 is 0.789 bits per heavy atom. The van der Waals surface area contributed by atoms with Gasteiger partial charge in [0, 0.05) is 12.2 Å². The van der Waals surface area contributed by atoms with Crippen molar-refractivity contribution in [1.82, 2.24) is 0 Å². The van der Waals surface area contributed by atoms with Crippen LogP contribution in [0.3, 0.4) is 0 Å². The van der Waals surface area contributed by atoms with Gasteiger partial charge in [-0.1, -0.05) is 44.9 Å². The fourth-order valence-corrected chi connectivity index (χ4v) is 2.37. The summed E-state index contributed by atoms with van der Waals surface area (Å²) in [6, 6.07) is 0. The Morgan fingerprint density at radius 3 is 1.53 bits per heavy atom. The maximum absolute atomic E-state index is 11.8. The molecule has 0 N–H and O–H groups in total. The van der Waals surface area contributed by atoms with Gasteiger partial charge >= 0.3 is 29.6 Å². The normalized spacial score (nSPS) is 11.6. The van der Waals surface area contributed by atoms with Gasteiger partial charge in [-0.3, -0.25) is 0 Å². The van der Waals surface area contributed by atoms with E-state index >= 15 is 0 Å². The van der Waals surface area contributed by atoms with Crippen LogP contribution >= 0.6 is 0 Å². The molecule has 0 radical (unpaired) electrons. The van der Waals surface area contributed by atoms with E-state index in [9.17, 15) is 21.8 Å². The minimum Gasteiger partial charge on any atom is -0.748 e. The first kappa shape index (κ1) is 22.1. The summed E-state index contributed by atoms with van der Waals surface area (Å²) in [5.41, 5.74) is 0. The van der Waals surface area contributed by atoms with E-state index in [2.05, 4.69) is 0 Å². The smallest absolute Gasteiger partial charge is 0.748 e. The summed E-state index contributed by atoms with van der Waals surface area (Å²) in [5, 5.41) is 0. The Bertz CT molecular complexity index is 285. The third kappa shape index (κ3) is 21.2. The first-order valence-electron chi connectivity index (χ1n) is 6.63. The van der Waals surface area contributed by atoms with Crippen molar-refractivity contribution in [3.8, 4) is 0 Å². The van der Waals surface area contributed by atoms with Crippen molar-refractivity contribution in [3.05, 3.63) is 0 Å². The molecule has 110 valence electrons. The van der Waals surface area contributed by atoms with Gasteiger partial charge in [0.15, 0.2) is 0 Å². The molecule has 0 aromatic heterocycles. The molecule has 0 aromatic carbocycles. The van der Waals surface area contributed by atoms with Gasteiger partial charge in [0.25, 0.3) is 0 Å². The van der Waals surface area contributed by atoms with Crippen molar-refractivity contribution >= 4 is 10.1 Å². The van der Waals surface area contributed by atoms with E-state index in [-0.39, 0.29) is 41.7 Å². The summed E-state index contributed by atoms with van der Waals surface area (Å²) in [6.07, 6.45) is 5.54. The SMILES string of the molecule is O=S(=O)([O-])CCCCCCCCCCCC(F)F.[Na+]. The molecule has 0 fully saturated rings. The van der Waals surface area contributed by atoms with Crippen LogP contribution < -0.4 is 29.6 Å². The van der Waals surface area contributed by atoms with E-state index < -0.39 is 16.5 Å². The molecule has 0 atom stereocenters.